The first-order chi connectivity index (χ1) is 15.2. The highest BCUT2D eigenvalue weighted by Gasteiger charge is 2.31. The van der Waals surface area contributed by atoms with E-state index in [1.165, 1.54) is 0 Å². The number of hydrogen-bond acceptors (Lipinski definition) is 5. The summed E-state index contributed by atoms with van der Waals surface area (Å²) >= 11 is 0. The molecule has 2 aromatic rings. The Hall–Kier alpha value is -2.99. The van der Waals surface area contributed by atoms with Gasteiger partial charge in [-0.2, -0.15) is 0 Å². The SMILES string of the molecule is CCC[C@@H](C(=O)NN)c1ccc(C)cc1C(C/C=C/c1cccnc1)C(=O)OC(C)(C)C. The molecule has 0 fully saturated rings. The van der Waals surface area contributed by atoms with Crippen LogP contribution in [0.2, 0.25) is 0 Å². The third-order valence-corrected chi connectivity index (χ3v) is 5.09. The van der Waals surface area contributed by atoms with Crippen molar-refractivity contribution in [1.82, 2.24) is 10.4 Å². The van der Waals surface area contributed by atoms with E-state index >= 15 is 0 Å². The van der Waals surface area contributed by atoms with Gasteiger partial charge in [-0.25, -0.2) is 5.84 Å². The molecule has 1 amide bonds. The van der Waals surface area contributed by atoms with Crippen LogP contribution in [0.1, 0.15) is 81.0 Å². The molecule has 0 radical (unpaired) electrons. The molecule has 1 heterocycles. The number of aryl methyl sites for hydroxylation is 1. The van der Waals surface area contributed by atoms with Gasteiger partial charge < -0.3 is 4.74 Å². The van der Waals surface area contributed by atoms with Gasteiger partial charge in [-0.05, 0) is 63.3 Å². The Bertz CT molecular complexity index is 933. The van der Waals surface area contributed by atoms with Crippen LogP contribution >= 0.6 is 0 Å². The predicted octanol–water partition coefficient (Wildman–Crippen LogP) is 4.79. The average molecular weight is 438 g/mol. The van der Waals surface area contributed by atoms with E-state index in [0.29, 0.717) is 12.8 Å². The number of allylic oxidation sites excluding steroid dienone is 1. The van der Waals surface area contributed by atoms with Gasteiger partial charge in [0.1, 0.15) is 5.60 Å². The van der Waals surface area contributed by atoms with Crippen molar-refractivity contribution < 1.29 is 14.3 Å². The highest BCUT2D eigenvalue weighted by molar-refractivity contribution is 5.85. The summed E-state index contributed by atoms with van der Waals surface area (Å²) in [6.45, 7) is 9.56. The maximum atomic E-state index is 13.3. The molecule has 0 saturated heterocycles. The molecule has 3 N–H and O–H groups in total. The number of aromatic nitrogens is 1. The number of nitrogens with one attached hydrogen (secondary N) is 1. The quantitative estimate of drug-likeness (QED) is 0.254. The van der Waals surface area contributed by atoms with Crippen LogP contribution in [0.25, 0.3) is 6.08 Å². The molecule has 0 aliphatic rings. The minimum Gasteiger partial charge on any atom is -0.459 e. The number of carbonyl (C=O) groups is 2. The summed E-state index contributed by atoms with van der Waals surface area (Å²) in [7, 11) is 0. The van der Waals surface area contributed by atoms with Gasteiger partial charge in [-0.15, -0.1) is 0 Å². The normalized spacial score (nSPS) is 13.6. The summed E-state index contributed by atoms with van der Waals surface area (Å²) in [6, 6.07) is 9.69. The van der Waals surface area contributed by atoms with Crippen LogP contribution in [0.4, 0.5) is 0 Å². The number of carbonyl (C=O) groups excluding carboxylic acids is 2. The van der Waals surface area contributed by atoms with E-state index in [9.17, 15) is 9.59 Å². The lowest BCUT2D eigenvalue weighted by atomic mass is 9.82. The smallest absolute Gasteiger partial charge is 0.314 e. The van der Waals surface area contributed by atoms with Gasteiger partial charge in [0.15, 0.2) is 0 Å². The van der Waals surface area contributed by atoms with Gasteiger partial charge in [-0.1, -0.05) is 55.3 Å². The number of pyridine rings is 1. The summed E-state index contributed by atoms with van der Waals surface area (Å²) < 4.78 is 5.77. The van der Waals surface area contributed by atoms with E-state index in [2.05, 4.69) is 10.4 Å². The fourth-order valence-corrected chi connectivity index (χ4v) is 3.67. The molecule has 0 saturated carbocycles. The zero-order valence-electron chi connectivity index (χ0n) is 19.7. The van der Waals surface area contributed by atoms with E-state index in [1.807, 2.05) is 77.1 Å². The minimum atomic E-state index is -0.621. The molecule has 32 heavy (non-hydrogen) atoms. The summed E-state index contributed by atoms with van der Waals surface area (Å²) in [6.07, 6.45) is 9.25. The van der Waals surface area contributed by atoms with Crippen molar-refractivity contribution in [2.24, 2.45) is 5.84 Å². The zero-order valence-corrected chi connectivity index (χ0v) is 19.7. The fraction of sp³-hybridized carbons (Fsp3) is 0.423. The number of nitrogens with two attached hydrogens (primary N) is 1. The monoisotopic (exact) mass is 437 g/mol. The maximum Gasteiger partial charge on any atom is 0.314 e. The van der Waals surface area contributed by atoms with Gasteiger partial charge in [0, 0.05) is 12.4 Å². The van der Waals surface area contributed by atoms with Crippen LogP contribution in [0.3, 0.4) is 0 Å². The minimum absolute atomic E-state index is 0.259. The van der Waals surface area contributed by atoms with Gasteiger partial charge in [0.2, 0.25) is 5.91 Å². The number of benzene rings is 1. The molecule has 2 atom stereocenters. The van der Waals surface area contributed by atoms with E-state index in [1.54, 1.807) is 12.4 Å². The molecule has 1 unspecified atom stereocenters. The second kappa shape index (κ2) is 11.6. The van der Waals surface area contributed by atoms with Crippen LogP contribution in [0.15, 0.2) is 48.8 Å². The molecule has 1 aromatic heterocycles. The third-order valence-electron chi connectivity index (χ3n) is 5.09. The Balaban J connectivity index is 2.51. The maximum absolute atomic E-state index is 13.3. The molecule has 2 rings (SSSR count). The molecule has 0 aliphatic heterocycles. The number of hydrazine groups is 1. The van der Waals surface area contributed by atoms with Crippen molar-refractivity contribution in [3.8, 4) is 0 Å². The first kappa shape index (κ1) is 25.3. The largest absolute Gasteiger partial charge is 0.459 e. The Morgan fingerprint density at radius 1 is 1.19 bits per heavy atom. The number of nitrogens with zero attached hydrogens (tertiary/aromatic N) is 1. The molecule has 1 aromatic carbocycles. The fourth-order valence-electron chi connectivity index (χ4n) is 3.67. The summed E-state index contributed by atoms with van der Waals surface area (Å²) in [5, 5.41) is 0. The zero-order chi connectivity index (χ0) is 23.7. The summed E-state index contributed by atoms with van der Waals surface area (Å²) in [5.41, 5.74) is 5.24. The van der Waals surface area contributed by atoms with Crippen molar-refractivity contribution >= 4 is 18.0 Å². The predicted molar refractivity (Wildman–Crippen MR) is 128 cm³/mol. The molecule has 0 aliphatic carbocycles. The summed E-state index contributed by atoms with van der Waals surface area (Å²) in [5.74, 6) is 3.91. The number of amides is 1. The second-order valence-corrected chi connectivity index (χ2v) is 8.99. The van der Waals surface area contributed by atoms with Gasteiger partial charge in [-0.3, -0.25) is 20.0 Å². The van der Waals surface area contributed by atoms with E-state index in [4.69, 9.17) is 10.6 Å². The number of hydrogen-bond donors (Lipinski definition) is 2. The number of ether oxygens (including phenoxy) is 1. The van der Waals surface area contributed by atoms with Gasteiger partial charge >= 0.3 is 5.97 Å². The van der Waals surface area contributed by atoms with Crippen molar-refractivity contribution in [3.05, 3.63) is 71.1 Å². The van der Waals surface area contributed by atoms with Crippen molar-refractivity contribution in [2.45, 2.75) is 71.3 Å². The Kier molecular flexibility index (Phi) is 9.14. The lowest BCUT2D eigenvalue weighted by Crippen LogP contribution is -2.35. The van der Waals surface area contributed by atoms with Gasteiger partial charge in [0.05, 0.1) is 11.8 Å². The molecular formula is C26H35N3O3. The van der Waals surface area contributed by atoms with E-state index in [0.717, 1.165) is 28.7 Å². The highest BCUT2D eigenvalue weighted by atomic mass is 16.6. The molecule has 172 valence electrons. The topological polar surface area (TPSA) is 94.3 Å². The Morgan fingerprint density at radius 2 is 1.94 bits per heavy atom. The third kappa shape index (κ3) is 7.31. The average Bonchev–Trinajstić information content (AvgIpc) is 2.74. The Labute approximate surface area is 191 Å². The molecule has 0 bridgehead atoms. The molecule has 0 spiro atoms. The lowest BCUT2D eigenvalue weighted by Gasteiger charge is -2.27. The van der Waals surface area contributed by atoms with Crippen LogP contribution in [0.5, 0.6) is 0 Å². The van der Waals surface area contributed by atoms with Crippen molar-refractivity contribution in [3.63, 3.8) is 0 Å². The van der Waals surface area contributed by atoms with Crippen molar-refractivity contribution in [2.75, 3.05) is 0 Å². The van der Waals surface area contributed by atoms with E-state index in [-0.39, 0.29) is 11.9 Å². The number of rotatable bonds is 9. The molecule has 6 nitrogen and oxygen atoms in total. The van der Waals surface area contributed by atoms with Gasteiger partial charge in [0.25, 0.3) is 0 Å². The molecule has 6 heteroatoms. The molecular weight excluding hydrogens is 402 g/mol. The highest BCUT2D eigenvalue weighted by Crippen LogP contribution is 2.34. The Morgan fingerprint density at radius 3 is 2.53 bits per heavy atom. The van der Waals surface area contributed by atoms with Crippen LogP contribution < -0.4 is 11.3 Å². The summed E-state index contributed by atoms with van der Waals surface area (Å²) in [4.78, 5) is 30.0. The van der Waals surface area contributed by atoms with Crippen molar-refractivity contribution in [1.29, 1.82) is 0 Å². The van der Waals surface area contributed by atoms with Crippen LogP contribution in [0, 0.1) is 6.92 Å². The number of esters is 1. The first-order valence-corrected chi connectivity index (χ1v) is 11.1. The lowest BCUT2D eigenvalue weighted by molar-refractivity contribution is -0.156. The second-order valence-electron chi connectivity index (χ2n) is 8.99. The standard InChI is InChI=1S/C26H35N3O3/c1-6-9-21(24(30)29-27)20-14-13-18(2)16-23(20)22(25(31)32-26(3,4)5)12-7-10-19-11-8-15-28-17-19/h7-8,10-11,13-17,21-22H,6,9,12,27H2,1-5H3,(H,29,30)/b10-7+/t21-,22?/m1/s1. The first-order valence-electron chi connectivity index (χ1n) is 11.1. The van der Waals surface area contributed by atoms with E-state index < -0.39 is 17.4 Å². The van der Waals surface area contributed by atoms with Crippen LogP contribution in [-0.2, 0) is 14.3 Å². The van der Waals surface area contributed by atoms with Crippen LogP contribution in [-0.4, -0.2) is 22.5 Å².